The molecule has 1 aliphatic rings. The number of aromatic nitrogens is 2. The molecule has 1 aromatic heterocycles. The minimum Gasteiger partial charge on any atom is -0.384 e. The van der Waals surface area contributed by atoms with Crippen molar-refractivity contribution in [2.24, 2.45) is 5.92 Å². The molecule has 5 heteroatoms. The van der Waals surface area contributed by atoms with Gasteiger partial charge >= 0.3 is 0 Å². The summed E-state index contributed by atoms with van der Waals surface area (Å²) < 4.78 is 5.31. The molecule has 0 amide bonds. The number of rotatable bonds is 6. The minimum absolute atomic E-state index is 0.411. The van der Waals surface area contributed by atoms with Crippen LogP contribution in [0.5, 0.6) is 0 Å². The Hall–Kier alpha value is -1.36. The third-order valence-corrected chi connectivity index (χ3v) is 3.46. The Morgan fingerprint density at radius 1 is 1.50 bits per heavy atom. The van der Waals surface area contributed by atoms with Gasteiger partial charge < -0.3 is 15.8 Å². The van der Waals surface area contributed by atoms with Crippen molar-refractivity contribution in [3.63, 3.8) is 0 Å². The van der Waals surface area contributed by atoms with E-state index in [2.05, 4.69) is 22.2 Å². The standard InChI is InChI=1S/C13H22N4O/c1-3-18-8-13-16-11(14)7-12(17-13)15-9(2)10-5-4-6-10/h7,9-10H,3-6,8H2,1-2H3,(H3,14,15,16,17). The van der Waals surface area contributed by atoms with Crippen LogP contribution < -0.4 is 11.1 Å². The van der Waals surface area contributed by atoms with Gasteiger partial charge in [0.15, 0.2) is 5.82 Å². The zero-order valence-corrected chi connectivity index (χ0v) is 11.1. The van der Waals surface area contributed by atoms with E-state index < -0.39 is 0 Å². The van der Waals surface area contributed by atoms with Crippen LogP contribution in [0.4, 0.5) is 11.6 Å². The summed E-state index contributed by atoms with van der Waals surface area (Å²) in [5, 5.41) is 3.41. The lowest BCUT2D eigenvalue weighted by atomic mass is 9.80. The van der Waals surface area contributed by atoms with Gasteiger partial charge in [0, 0.05) is 18.7 Å². The fourth-order valence-electron chi connectivity index (χ4n) is 2.14. The van der Waals surface area contributed by atoms with Gasteiger partial charge in [0.25, 0.3) is 0 Å². The van der Waals surface area contributed by atoms with Crippen molar-refractivity contribution in [3.8, 4) is 0 Å². The molecule has 0 aromatic carbocycles. The van der Waals surface area contributed by atoms with Crippen molar-refractivity contribution in [2.75, 3.05) is 17.7 Å². The number of anilines is 2. The van der Waals surface area contributed by atoms with Gasteiger partial charge in [0.2, 0.25) is 0 Å². The smallest absolute Gasteiger partial charge is 0.158 e. The molecule has 5 nitrogen and oxygen atoms in total. The van der Waals surface area contributed by atoms with Gasteiger partial charge in [0.1, 0.15) is 18.2 Å². The molecule has 1 aliphatic carbocycles. The van der Waals surface area contributed by atoms with E-state index in [0.29, 0.717) is 30.9 Å². The van der Waals surface area contributed by atoms with E-state index in [0.717, 1.165) is 11.7 Å². The first-order valence-corrected chi connectivity index (χ1v) is 6.66. The summed E-state index contributed by atoms with van der Waals surface area (Å²) in [4.78, 5) is 8.58. The lowest BCUT2D eigenvalue weighted by Crippen LogP contribution is -2.31. The molecule has 1 heterocycles. The molecule has 1 atom stereocenters. The van der Waals surface area contributed by atoms with Crippen molar-refractivity contribution < 1.29 is 4.74 Å². The Morgan fingerprint density at radius 2 is 2.28 bits per heavy atom. The molecular weight excluding hydrogens is 228 g/mol. The number of hydrogen-bond donors (Lipinski definition) is 2. The van der Waals surface area contributed by atoms with E-state index in [1.165, 1.54) is 19.3 Å². The van der Waals surface area contributed by atoms with Crippen LogP contribution in [0.25, 0.3) is 0 Å². The predicted octanol–water partition coefficient (Wildman–Crippen LogP) is 2.20. The Bertz CT molecular complexity index is 393. The van der Waals surface area contributed by atoms with E-state index in [-0.39, 0.29) is 0 Å². The average molecular weight is 250 g/mol. The number of nitrogens with zero attached hydrogens (tertiary/aromatic N) is 2. The van der Waals surface area contributed by atoms with Gasteiger partial charge in [-0.05, 0) is 32.6 Å². The van der Waals surface area contributed by atoms with E-state index in [9.17, 15) is 0 Å². The maximum absolute atomic E-state index is 5.78. The second-order valence-electron chi connectivity index (χ2n) is 4.86. The fraction of sp³-hybridized carbons (Fsp3) is 0.692. The predicted molar refractivity (Wildman–Crippen MR) is 72.2 cm³/mol. The first-order chi connectivity index (χ1) is 8.69. The van der Waals surface area contributed by atoms with Gasteiger partial charge in [-0.25, -0.2) is 9.97 Å². The summed E-state index contributed by atoms with van der Waals surface area (Å²) in [6.07, 6.45) is 3.96. The zero-order valence-electron chi connectivity index (χ0n) is 11.1. The van der Waals surface area contributed by atoms with Crippen LogP contribution >= 0.6 is 0 Å². The van der Waals surface area contributed by atoms with E-state index in [1.54, 1.807) is 6.07 Å². The molecule has 1 fully saturated rings. The first kappa shape index (κ1) is 13.1. The molecule has 2 rings (SSSR count). The highest BCUT2D eigenvalue weighted by atomic mass is 16.5. The third kappa shape index (κ3) is 3.32. The van der Waals surface area contributed by atoms with Gasteiger partial charge in [-0.1, -0.05) is 6.42 Å². The van der Waals surface area contributed by atoms with Crippen molar-refractivity contribution in [1.82, 2.24) is 9.97 Å². The van der Waals surface area contributed by atoms with Gasteiger partial charge in [-0.2, -0.15) is 0 Å². The number of hydrogen-bond acceptors (Lipinski definition) is 5. The monoisotopic (exact) mass is 250 g/mol. The summed E-state index contributed by atoms with van der Waals surface area (Å²) >= 11 is 0. The van der Waals surface area contributed by atoms with Crippen LogP contribution in [0.15, 0.2) is 6.07 Å². The number of nitrogen functional groups attached to an aromatic ring is 1. The van der Waals surface area contributed by atoms with Crippen LogP contribution in [-0.2, 0) is 11.3 Å². The minimum atomic E-state index is 0.411. The second kappa shape index (κ2) is 6.00. The molecule has 1 aromatic rings. The highest BCUT2D eigenvalue weighted by Gasteiger charge is 2.24. The molecule has 18 heavy (non-hydrogen) atoms. The molecule has 1 unspecified atom stereocenters. The lowest BCUT2D eigenvalue weighted by molar-refractivity contribution is 0.128. The summed E-state index contributed by atoms with van der Waals surface area (Å²) in [7, 11) is 0. The van der Waals surface area contributed by atoms with Gasteiger partial charge in [-0.3, -0.25) is 0 Å². The van der Waals surface area contributed by atoms with E-state index in [4.69, 9.17) is 10.5 Å². The molecule has 0 bridgehead atoms. The topological polar surface area (TPSA) is 73.1 Å². The second-order valence-corrected chi connectivity index (χ2v) is 4.86. The van der Waals surface area contributed by atoms with Crippen molar-refractivity contribution in [2.45, 2.75) is 45.8 Å². The molecule has 0 saturated heterocycles. The number of nitrogens with one attached hydrogen (secondary N) is 1. The van der Waals surface area contributed by atoms with Gasteiger partial charge in [-0.15, -0.1) is 0 Å². The van der Waals surface area contributed by atoms with Crippen molar-refractivity contribution in [1.29, 1.82) is 0 Å². The zero-order chi connectivity index (χ0) is 13.0. The molecule has 0 radical (unpaired) electrons. The first-order valence-electron chi connectivity index (χ1n) is 6.66. The van der Waals surface area contributed by atoms with Crippen molar-refractivity contribution >= 4 is 11.6 Å². The SMILES string of the molecule is CCOCc1nc(N)cc(NC(C)C2CCC2)n1. The Morgan fingerprint density at radius 3 is 2.89 bits per heavy atom. The fourth-order valence-corrected chi connectivity index (χ4v) is 2.14. The molecule has 3 N–H and O–H groups in total. The maximum Gasteiger partial charge on any atom is 0.158 e. The van der Waals surface area contributed by atoms with E-state index >= 15 is 0 Å². The van der Waals surface area contributed by atoms with Gasteiger partial charge in [0.05, 0.1) is 0 Å². The molecule has 100 valence electrons. The molecule has 0 aliphatic heterocycles. The molecule has 1 saturated carbocycles. The maximum atomic E-state index is 5.78. The highest BCUT2D eigenvalue weighted by molar-refractivity contribution is 5.45. The third-order valence-electron chi connectivity index (χ3n) is 3.46. The quantitative estimate of drug-likeness (QED) is 0.809. The Kier molecular flexibility index (Phi) is 4.36. The number of ether oxygens (including phenoxy) is 1. The largest absolute Gasteiger partial charge is 0.384 e. The highest BCUT2D eigenvalue weighted by Crippen LogP contribution is 2.30. The van der Waals surface area contributed by atoms with Crippen LogP contribution in [0.1, 0.15) is 38.9 Å². The summed E-state index contributed by atoms with van der Waals surface area (Å²) in [5.74, 6) is 2.69. The van der Waals surface area contributed by atoms with E-state index in [1.807, 2.05) is 6.92 Å². The number of nitrogens with two attached hydrogens (primary N) is 1. The average Bonchev–Trinajstić information content (AvgIpc) is 2.22. The lowest BCUT2D eigenvalue weighted by Gasteiger charge is -2.32. The van der Waals surface area contributed by atoms with Crippen LogP contribution in [0.2, 0.25) is 0 Å². The van der Waals surface area contributed by atoms with Crippen LogP contribution in [0, 0.1) is 5.92 Å². The summed E-state index contributed by atoms with van der Waals surface area (Å²) in [6, 6.07) is 2.22. The molecule has 0 spiro atoms. The summed E-state index contributed by atoms with van der Waals surface area (Å²) in [6.45, 7) is 5.21. The summed E-state index contributed by atoms with van der Waals surface area (Å²) in [5.41, 5.74) is 5.78. The Balaban J connectivity index is 1.99. The normalized spacial score (nSPS) is 17.2. The van der Waals surface area contributed by atoms with Crippen LogP contribution in [-0.4, -0.2) is 22.6 Å². The van der Waals surface area contributed by atoms with Crippen LogP contribution in [0.3, 0.4) is 0 Å². The molecular formula is C13H22N4O. The van der Waals surface area contributed by atoms with Crippen molar-refractivity contribution in [3.05, 3.63) is 11.9 Å². The Labute approximate surface area is 108 Å².